The Labute approximate surface area is 71.8 Å². The van der Waals surface area contributed by atoms with Gasteiger partial charge in [-0.15, -0.1) is 0 Å². The Kier molecular flexibility index (Phi) is 3.51. The first kappa shape index (κ1) is 8.97. The lowest BCUT2D eigenvalue weighted by molar-refractivity contribution is 0.227. The summed E-state index contributed by atoms with van der Waals surface area (Å²) < 4.78 is 0. The first-order valence-corrected chi connectivity index (χ1v) is 3.85. The Morgan fingerprint density at radius 3 is 2.50 bits per heavy atom. The highest BCUT2D eigenvalue weighted by molar-refractivity contribution is 5.20. The van der Waals surface area contributed by atoms with E-state index < -0.39 is 6.10 Å². The Bertz CT molecular complexity index is 241. The van der Waals surface area contributed by atoms with Crippen molar-refractivity contribution < 1.29 is 10.2 Å². The summed E-state index contributed by atoms with van der Waals surface area (Å²) in [6, 6.07) is 9.31. The van der Waals surface area contributed by atoms with Crippen molar-refractivity contribution in [2.75, 3.05) is 6.61 Å². The monoisotopic (exact) mass is 164 g/mol. The van der Waals surface area contributed by atoms with E-state index in [0.29, 0.717) is 0 Å². The van der Waals surface area contributed by atoms with Crippen LogP contribution in [0.25, 0.3) is 0 Å². The lowest BCUT2D eigenvalue weighted by atomic mass is 10.1. The van der Waals surface area contributed by atoms with Gasteiger partial charge in [-0.1, -0.05) is 42.5 Å². The minimum absolute atomic E-state index is 0.0378. The molecule has 0 saturated heterocycles. The molecule has 0 unspecified atom stereocenters. The van der Waals surface area contributed by atoms with E-state index in [1.807, 2.05) is 30.3 Å². The van der Waals surface area contributed by atoms with Crippen LogP contribution < -0.4 is 0 Å². The number of hydrogen-bond donors (Lipinski definition) is 2. The van der Waals surface area contributed by atoms with Crippen molar-refractivity contribution in [1.29, 1.82) is 0 Å². The van der Waals surface area contributed by atoms with Gasteiger partial charge in [0.15, 0.2) is 0 Å². The van der Waals surface area contributed by atoms with Crippen molar-refractivity contribution in [2.45, 2.75) is 6.10 Å². The third-order valence-corrected chi connectivity index (χ3v) is 1.56. The van der Waals surface area contributed by atoms with Crippen LogP contribution in [0.3, 0.4) is 0 Å². The molecule has 0 aliphatic carbocycles. The van der Waals surface area contributed by atoms with Crippen LogP contribution in [-0.4, -0.2) is 16.8 Å². The molecule has 0 heterocycles. The zero-order chi connectivity index (χ0) is 8.81. The SMILES string of the molecule is OC/C=C\[C@H](O)c1ccccc1. The van der Waals surface area contributed by atoms with E-state index in [9.17, 15) is 5.11 Å². The molecule has 0 aliphatic heterocycles. The molecule has 0 fully saturated rings. The summed E-state index contributed by atoms with van der Waals surface area (Å²) in [4.78, 5) is 0. The number of aliphatic hydroxyl groups excluding tert-OH is 2. The molecule has 0 saturated carbocycles. The quantitative estimate of drug-likeness (QED) is 0.660. The molecule has 2 nitrogen and oxygen atoms in total. The fraction of sp³-hybridized carbons (Fsp3) is 0.200. The van der Waals surface area contributed by atoms with E-state index in [4.69, 9.17) is 5.11 Å². The Morgan fingerprint density at radius 1 is 1.25 bits per heavy atom. The molecule has 0 spiro atoms. The highest BCUT2D eigenvalue weighted by atomic mass is 16.3. The van der Waals surface area contributed by atoms with Crippen LogP contribution in [0.1, 0.15) is 11.7 Å². The molecule has 64 valence electrons. The Balaban J connectivity index is 2.65. The van der Waals surface area contributed by atoms with Crippen LogP contribution >= 0.6 is 0 Å². The van der Waals surface area contributed by atoms with Gasteiger partial charge in [0.05, 0.1) is 12.7 Å². The first-order chi connectivity index (χ1) is 5.84. The number of rotatable bonds is 3. The van der Waals surface area contributed by atoms with Gasteiger partial charge < -0.3 is 10.2 Å². The number of hydrogen-bond acceptors (Lipinski definition) is 2. The van der Waals surface area contributed by atoms with Crippen molar-refractivity contribution in [1.82, 2.24) is 0 Å². The summed E-state index contributed by atoms with van der Waals surface area (Å²) in [5, 5.41) is 17.9. The minimum atomic E-state index is -0.613. The smallest absolute Gasteiger partial charge is 0.0972 e. The highest BCUT2D eigenvalue weighted by Crippen LogP contribution is 2.12. The van der Waals surface area contributed by atoms with E-state index in [-0.39, 0.29) is 6.61 Å². The van der Waals surface area contributed by atoms with Gasteiger partial charge in [0.2, 0.25) is 0 Å². The zero-order valence-electron chi connectivity index (χ0n) is 6.72. The molecule has 0 aromatic heterocycles. The third-order valence-electron chi connectivity index (χ3n) is 1.56. The molecule has 2 heteroatoms. The number of aliphatic hydroxyl groups is 2. The van der Waals surface area contributed by atoms with Gasteiger partial charge in [0.1, 0.15) is 0 Å². The van der Waals surface area contributed by atoms with E-state index in [1.165, 1.54) is 6.08 Å². The van der Waals surface area contributed by atoms with E-state index in [1.54, 1.807) is 6.08 Å². The fourth-order valence-corrected chi connectivity index (χ4v) is 0.951. The molecular weight excluding hydrogens is 152 g/mol. The average molecular weight is 164 g/mol. The largest absolute Gasteiger partial charge is 0.392 e. The molecule has 0 radical (unpaired) electrons. The van der Waals surface area contributed by atoms with Gasteiger partial charge >= 0.3 is 0 Å². The van der Waals surface area contributed by atoms with Crippen LogP contribution in [0.2, 0.25) is 0 Å². The molecule has 0 amide bonds. The van der Waals surface area contributed by atoms with Crippen LogP contribution in [0.15, 0.2) is 42.5 Å². The first-order valence-electron chi connectivity index (χ1n) is 3.85. The summed E-state index contributed by atoms with van der Waals surface area (Å²) in [6.07, 6.45) is 2.48. The van der Waals surface area contributed by atoms with Gasteiger partial charge in [-0.05, 0) is 5.56 Å². The van der Waals surface area contributed by atoms with Crippen LogP contribution in [0, 0.1) is 0 Å². The summed E-state index contributed by atoms with van der Waals surface area (Å²) in [7, 11) is 0. The molecule has 1 aromatic carbocycles. The summed E-state index contributed by atoms with van der Waals surface area (Å²) >= 11 is 0. The lowest BCUT2D eigenvalue weighted by Gasteiger charge is -2.03. The Morgan fingerprint density at radius 2 is 1.92 bits per heavy atom. The van der Waals surface area contributed by atoms with Crippen molar-refractivity contribution in [2.24, 2.45) is 0 Å². The van der Waals surface area contributed by atoms with Gasteiger partial charge in [0.25, 0.3) is 0 Å². The zero-order valence-corrected chi connectivity index (χ0v) is 6.72. The maximum atomic E-state index is 9.45. The van der Waals surface area contributed by atoms with Gasteiger partial charge in [-0.3, -0.25) is 0 Å². The fourth-order valence-electron chi connectivity index (χ4n) is 0.951. The maximum absolute atomic E-state index is 9.45. The van der Waals surface area contributed by atoms with Crippen molar-refractivity contribution in [3.8, 4) is 0 Å². The van der Waals surface area contributed by atoms with Gasteiger partial charge in [0, 0.05) is 0 Å². The second kappa shape index (κ2) is 4.70. The van der Waals surface area contributed by atoms with Crippen LogP contribution in [-0.2, 0) is 0 Å². The van der Waals surface area contributed by atoms with E-state index in [0.717, 1.165) is 5.56 Å². The second-order valence-electron chi connectivity index (χ2n) is 2.47. The Hall–Kier alpha value is -1.12. The molecule has 1 atom stereocenters. The molecule has 1 aromatic rings. The van der Waals surface area contributed by atoms with Crippen LogP contribution in [0.4, 0.5) is 0 Å². The maximum Gasteiger partial charge on any atom is 0.0972 e. The average Bonchev–Trinajstić information content (AvgIpc) is 2.15. The molecule has 12 heavy (non-hydrogen) atoms. The minimum Gasteiger partial charge on any atom is -0.392 e. The summed E-state index contributed by atoms with van der Waals surface area (Å²) in [5.74, 6) is 0. The summed E-state index contributed by atoms with van der Waals surface area (Å²) in [5.41, 5.74) is 0.835. The molecule has 1 rings (SSSR count). The molecule has 0 aliphatic rings. The molecule has 2 N–H and O–H groups in total. The summed E-state index contributed by atoms with van der Waals surface area (Å²) in [6.45, 7) is -0.0378. The second-order valence-corrected chi connectivity index (χ2v) is 2.47. The van der Waals surface area contributed by atoms with E-state index >= 15 is 0 Å². The molecule has 0 bridgehead atoms. The predicted octanol–water partition coefficient (Wildman–Crippen LogP) is 1.27. The predicted molar refractivity (Wildman–Crippen MR) is 47.6 cm³/mol. The van der Waals surface area contributed by atoms with E-state index in [2.05, 4.69) is 0 Å². The highest BCUT2D eigenvalue weighted by Gasteiger charge is 1.99. The topological polar surface area (TPSA) is 40.5 Å². The van der Waals surface area contributed by atoms with Crippen LogP contribution in [0.5, 0.6) is 0 Å². The number of benzene rings is 1. The van der Waals surface area contributed by atoms with Gasteiger partial charge in [-0.25, -0.2) is 0 Å². The van der Waals surface area contributed by atoms with Crippen molar-refractivity contribution in [3.63, 3.8) is 0 Å². The standard InChI is InChI=1S/C10H12O2/c11-8-4-7-10(12)9-5-2-1-3-6-9/h1-7,10-12H,8H2/b7-4-/t10-/m0/s1. The normalized spacial score (nSPS) is 13.5. The van der Waals surface area contributed by atoms with Crippen molar-refractivity contribution in [3.05, 3.63) is 48.0 Å². The lowest BCUT2D eigenvalue weighted by Crippen LogP contribution is -1.92. The van der Waals surface area contributed by atoms with Crippen molar-refractivity contribution >= 4 is 0 Å². The van der Waals surface area contributed by atoms with Gasteiger partial charge in [-0.2, -0.15) is 0 Å². The molecular formula is C10H12O2. The third kappa shape index (κ3) is 2.49.